The zero-order chi connectivity index (χ0) is 21.2. The maximum atomic E-state index is 4.52. The molecular weight excluding hydrogens is 376 g/mol. The third-order valence-electron chi connectivity index (χ3n) is 4.55. The van der Waals surface area contributed by atoms with Crippen molar-refractivity contribution in [3.8, 4) is 11.1 Å². The minimum Gasteiger partial charge on any atom is -0.386 e. The summed E-state index contributed by atoms with van der Waals surface area (Å²) in [7, 11) is 1.89. The summed E-state index contributed by atoms with van der Waals surface area (Å²) < 4.78 is 2.14. The number of nitrogens with zero attached hydrogens (tertiary/aromatic N) is 3. The van der Waals surface area contributed by atoms with E-state index in [0.717, 1.165) is 46.2 Å². The number of benzene rings is 2. The lowest BCUT2D eigenvalue weighted by Crippen LogP contribution is -2.06. The Labute approximate surface area is 179 Å². The third-order valence-corrected chi connectivity index (χ3v) is 4.90. The number of hydrogen-bond donors (Lipinski definition) is 2. The van der Waals surface area contributed by atoms with Crippen LogP contribution in [0.4, 0.5) is 0 Å². The molecule has 0 spiro atoms. The van der Waals surface area contributed by atoms with Crippen LogP contribution in [-0.2, 0) is 13.0 Å². The van der Waals surface area contributed by atoms with E-state index in [1.165, 1.54) is 5.56 Å². The Kier molecular flexibility index (Phi) is 8.74. The normalized spacial score (nSPS) is 10.9. The molecule has 152 valence electrons. The van der Waals surface area contributed by atoms with Crippen LogP contribution in [0.1, 0.15) is 37.7 Å². The minimum absolute atomic E-state index is 0.770. The standard InChI is InChI=1S/C22H24N4S.C2H6/c1-4-21-25-14-22(27)26(21)15-16-9-11-17(12-10-16)18-7-5-6-8-19(18)20(24-3)13-23-2;1-2/h5-14,24,27H,2,4,15H2,1,3H3;1-2H3/b20-13-;. The lowest BCUT2D eigenvalue weighted by atomic mass is 9.97. The molecule has 0 aliphatic rings. The summed E-state index contributed by atoms with van der Waals surface area (Å²) in [4.78, 5) is 8.32. The first kappa shape index (κ1) is 22.5. The first-order valence-electron chi connectivity index (χ1n) is 9.93. The van der Waals surface area contributed by atoms with E-state index < -0.39 is 0 Å². The Morgan fingerprint density at radius 1 is 1.17 bits per heavy atom. The molecule has 3 rings (SSSR count). The molecule has 0 bridgehead atoms. The molecule has 0 radical (unpaired) electrons. The molecular formula is C24H30N4S. The van der Waals surface area contributed by atoms with Gasteiger partial charge in [-0.25, -0.2) is 4.98 Å². The Hall–Kier alpha value is -2.79. The Bertz CT molecular complexity index is 955. The van der Waals surface area contributed by atoms with Crippen LogP contribution in [0.5, 0.6) is 0 Å². The number of hydrogen-bond acceptors (Lipinski definition) is 4. The Balaban J connectivity index is 0.00000145. The molecule has 2 aromatic carbocycles. The van der Waals surface area contributed by atoms with Crippen molar-refractivity contribution in [2.24, 2.45) is 4.99 Å². The molecule has 0 fully saturated rings. The quantitative estimate of drug-likeness (QED) is 0.391. The highest BCUT2D eigenvalue weighted by Gasteiger charge is 2.10. The van der Waals surface area contributed by atoms with Crippen LogP contribution >= 0.6 is 12.6 Å². The van der Waals surface area contributed by atoms with E-state index >= 15 is 0 Å². The van der Waals surface area contributed by atoms with Crippen LogP contribution in [0.2, 0.25) is 0 Å². The smallest absolute Gasteiger partial charge is 0.109 e. The fourth-order valence-corrected chi connectivity index (χ4v) is 3.40. The highest BCUT2D eigenvalue weighted by Crippen LogP contribution is 2.28. The molecule has 0 atom stereocenters. The van der Waals surface area contributed by atoms with Gasteiger partial charge in [0.05, 0.1) is 16.9 Å². The fourth-order valence-electron chi connectivity index (χ4n) is 3.16. The van der Waals surface area contributed by atoms with Gasteiger partial charge in [0.1, 0.15) is 5.82 Å². The van der Waals surface area contributed by atoms with Gasteiger partial charge in [-0.1, -0.05) is 69.3 Å². The number of aromatic nitrogens is 2. The summed E-state index contributed by atoms with van der Waals surface area (Å²) in [5.74, 6) is 1.05. The molecule has 0 aliphatic carbocycles. The number of aliphatic imine (C=N–C) groups is 1. The van der Waals surface area contributed by atoms with Gasteiger partial charge in [-0.3, -0.25) is 4.99 Å². The fraction of sp³-hybridized carbons (Fsp3) is 0.250. The molecule has 5 heteroatoms. The molecule has 4 nitrogen and oxygen atoms in total. The van der Waals surface area contributed by atoms with Gasteiger partial charge in [-0.2, -0.15) is 0 Å². The average molecular weight is 407 g/mol. The second-order valence-corrected chi connectivity index (χ2v) is 6.65. The van der Waals surface area contributed by atoms with Crippen LogP contribution in [-0.4, -0.2) is 23.3 Å². The number of aryl methyl sites for hydroxylation is 1. The average Bonchev–Trinajstić information content (AvgIpc) is 3.13. The third kappa shape index (κ3) is 5.39. The topological polar surface area (TPSA) is 42.2 Å². The first-order valence-corrected chi connectivity index (χ1v) is 10.4. The molecule has 0 saturated heterocycles. The summed E-state index contributed by atoms with van der Waals surface area (Å²) in [6.45, 7) is 10.4. The summed E-state index contributed by atoms with van der Waals surface area (Å²) >= 11 is 4.52. The van der Waals surface area contributed by atoms with E-state index in [9.17, 15) is 0 Å². The number of imidazole rings is 1. The molecule has 0 unspecified atom stereocenters. The van der Waals surface area contributed by atoms with E-state index in [2.05, 4.69) is 82.5 Å². The van der Waals surface area contributed by atoms with Crippen molar-refractivity contribution in [2.45, 2.75) is 38.8 Å². The van der Waals surface area contributed by atoms with Gasteiger partial charge in [0.25, 0.3) is 0 Å². The van der Waals surface area contributed by atoms with Gasteiger partial charge in [0, 0.05) is 31.8 Å². The maximum Gasteiger partial charge on any atom is 0.109 e. The molecule has 0 amide bonds. The molecule has 29 heavy (non-hydrogen) atoms. The van der Waals surface area contributed by atoms with Crippen molar-refractivity contribution in [2.75, 3.05) is 7.05 Å². The largest absolute Gasteiger partial charge is 0.386 e. The van der Waals surface area contributed by atoms with Crippen molar-refractivity contribution in [1.29, 1.82) is 0 Å². The summed E-state index contributed by atoms with van der Waals surface area (Å²) in [5, 5.41) is 4.09. The van der Waals surface area contributed by atoms with E-state index in [0.29, 0.717) is 0 Å². The minimum atomic E-state index is 0.770. The molecule has 1 heterocycles. The van der Waals surface area contributed by atoms with E-state index in [-0.39, 0.29) is 0 Å². The van der Waals surface area contributed by atoms with Gasteiger partial charge in [-0.05, 0) is 23.4 Å². The van der Waals surface area contributed by atoms with Gasteiger partial charge < -0.3 is 9.88 Å². The van der Waals surface area contributed by atoms with E-state index in [1.54, 1.807) is 6.20 Å². The Morgan fingerprint density at radius 3 is 2.48 bits per heavy atom. The zero-order valence-corrected chi connectivity index (χ0v) is 18.6. The van der Waals surface area contributed by atoms with Crippen molar-refractivity contribution < 1.29 is 0 Å². The molecule has 0 saturated carbocycles. The maximum absolute atomic E-state index is 4.52. The SMILES string of the molecule is C=N/C=C(\NC)c1ccccc1-c1ccc(Cn2c(S)cnc2CC)cc1.CC. The number of rotatable bonds is 7. The predicted octanol–water partition coefficient (Wildman–Crippen LogP) is 5.69. The van der Waals surface area contributed by atoms with E-state index in [1.807, 2.05) is 39.2 Å². The van der Waals surface area contributed by atoms with Crippen LogP contribution < -0.4 is 5.32 Å². The van der Waals surface area contributed by atoms with E-state index in [4.69, 9.17) is 0 Å². The first-order chi connectivity index (χ1) is 14.2. The zero-order valence-electron chi connectivity index (χ0n) is 17.7. The molecule has 1 aromatic heterocycles. The summed E-state index contributed by atoms with van der Waals surface area (Å²) in [6, 6.07) is 16.9. The van der Waals surface area contributed by atoms with Crippen molar-refractivity contribution in [1.82, 2.24) is 14.9 Å². The second-order valence-electron chi connectivity index (χ2n) is 6.19. The lowest BCUT2D eigenvalue weighted by Gasteiger charge is -2.14. The van der Waals surface area contributed by atoms with Gasteiger partial charge in [0.2, 0.25) is 0 Å². The van der Waals surface area contributed by atoms with Gasteiger partial charge >= 0.3 is 0 Å². The molecule has 1 N–H and O–H groups in total. The van der Waals surface area contributed by atoms with Gasteiger partial charge in [0.15, 0.2) is 0 Å². The lowest BCUT2D eigenvalue weighted by molar-refractivity contribution is 0.682. The molecule has 0 aliphatic heterocycles. The van der Waals surface area contributed by atoms with Crippen LogP contribution in [0.15, 0.2) is 70.9 Å². The number of nitrogens with one attached hydrogen (secondary N) is 1. The highest BCUT2D eigenvalue weighted by atomic mass is 32.1. The number of thiol groups is 1. The predicted molar refractivity (Wildman–Crippen MR) is 128 cm³/mol. The molecule has 3 aromatic rings. The summed E-state index contributed by atoms with van der Waals surface area (Å²) in [6.07, 6.45) is 4.45. The van der Waals surface area contributed by atoms with Crippen LogP contribution in [0.3, 0.4) is 0 Å². The highest BCUT2D eigenvalue weighted by molar-refractivity contribution is 7.80. The monoisotopic (exact) mass is 406 g/mol. The van der Waals surface area contributed by atoms with Crippen molar-refractivity contribution >= 4 is 25.0 Å². The van der Waals surface area contributed by atoms with Crippen molar-refractivity contribution in [3.63, 3.8) is 0 Å². The Morgan fingerprint density at radius 2 is 1.86 bits per heavy atom. The second kappa shape index (κ2) is 11.3. The van der Waals surface area contributed by atoms with Crippen molar-refractivity contribution in [3.05, 3.63) is 77.9 Å². The van der Waals surface area contributed by atoms with Crippen LogP contribution in [0.25, 0.3) is 16.8 Å². The summed E-state index contributed by atoms with van der Waals surface area (Å²) in [5.41, 5.74) is 5.57. The van der Waals surface area contributed by atoms with Gasteiger partial charge in [-0.15, -0.1) is 12.6 Å². The van der Waals surface area contributed by atoms with Crippen LogP contribution in [0, 0.1) is 0 Å².